The quantitative estimate of drug-likeness (QED) is 0.288. The molecule has 0 spiro atoms. The fourth-order valence-corrected chi connectivity index (χ4v) is 4.80. The zero-order valence-electron chi connectivity index (χ0n) is 18.0. The second-order valence-corrected chi connectivity index (χ2v) is 8.87. The first-order valence-corrected chi connectivity index (χ1v) is 11.8. The highest BCUT2D eigenvalue weighted by Crippen LogP contribution is 2.37. The normalized spacial score (nSPS) is 14.8. The van der Waals surface area contributed by atoms with Crippen LogP contribution in [-0.2, 0) is 4.79 Å². The molecule has 162 valence electrons. The van der Waals surface area contributed by atoms with Crippen LogP contribution >= 0.6 is 24.0 Å². The van der Waals surface area contributed by atoms with Crippen LogP contribution in [0.5, 0.6) is 11.5 Å². The van der Waals surface area contributed by atoms with E-state index in [1.54, 1.807) is 4.90 Å². The molecule has 0 unspecified atom stereocenters. The lowest BCUT2D eigenvalue weighted by Gasteiger charge is -2.20. The zero-order valence-corrected chi connectivity index (χ0v) is 19.7. The summed E-state index contributed by atoms with van der Waals surface area (Å²) in [4.78, 5) is 17.6. The molecule has 3 aromatic carbocycles. The molecular weight excluding hydrogens is 436 g/mol. The van der Waals surface area contributed by atoms with Crippen molar-refractivity contribution in [2.45, 2.75) is 13.8 Å². The van der Waals surface area contributed by atoms with Crippen molar-refractivity contribution in [2.24, 2.45) is 0 Å². The van der Waals surface area contributed by atoms with Gasteiger partial charge in [0.05, 0.1) is 10.6 Å². The van der Waals surface area contributed by atoms with Crippen molar-refractivity contribution in [3.63, 3.8) is 0 Å². The second-order valence-electron chi connectivity index (χ2n) is 7.19. The number of amides is 1. The zero-order chi connectivity index (χ0) is 22.5. The maximum Gasteiger partial charge on any atom is 0.270 e. The molecule has 3 aromatic rings. The lowest BCUT2D eigenvalue weighted by molar-refractivity contribution is -0.113. The second kappa shape index (κ2) is 10.0. The Hall–Kier alpha value is -3.09. The molecule has 0 aliphatic carbocycles. The number of hydrogen-bond donors (Lipinski definition) is 0. The summed E-state index contributed by atoms with van der Waals surface area (Å²) in [7, 11) is 0. The van der Waals surface area contributed by atoms with Crippen molar-refractivity contribution in [1.29, 1.82) is 0 Å². The van der Waals surface area contributed by atoms with Crippen molar-refractivity contribution in [1.82, 2.24) is 0 Å². The van der Waals surface area contributed by atoms with Crippen LogP contribution in [0.15, 0.2) is 83.8 Å². The number of benzene rings is 3. The van der Waals surface area contributed by atoms with E-state index < -0.39 is 0 Å². The van der Waals surface area contributed by atoms with Gasteiger partial charge in [0.1, 0.15) is 11.5 Å². The van der Waals surface area contributed by atoms with Gasteiger partial charge in [-0.2, -0.15) is 0 Å². The first-order chi connectivity index (χ1) is 15.6. The maximum atomic E-state index is 13.1. The molecule has 0 radical (unpaired) electrons. The summed E-state index contributed by atoms with van der Waals surface area (Å²) < 4.78 is 6.36. The molecule has 1 aliphatic heterocycles. The van der Waals surface area contributed by atoms with Crippen LogP contribution in [0.25, 0.3) is 6.08 Å². The number of carbonyl (C=O) groups excluding carboxylic acids is 1. The Morgan fingerprint density at radius 2 is 1.53 bits per heavy atom. The number of thioether (sulfide) groups is 1. The molecule has 6 heteroatoms. The Morgan fingerprint density at radius 3 is 2.16 bits per heavy atom. The highest BCUT2D eigenvalue weighted by Gasteiger charge is 2.33. The van der Waals surface area contributed by atoms with Crippen LogP contribution < -0.4 is 14.5 Å². The number of para-hydroxylation sites is 1. The number of ether oxygens (including phenoxy) is 1. The maximum absolute atomic E-state index is 13.1. The summed E-state index contributed by atoms with van der Waals surface area (Å²) in [5, 5.41) is 0. The van der Waals surface area contributed by atoms with Gasteiger partial charge in [0.2, 0.25) is 0 Å². The summed E-state index contributed by atoms with van der Waals surface area (Å²) in [6, 6.07) is 25.2. The summed E-state index contributed by atoms with van der Waals surface area (Å²) in [6.07, 6.45) is 1.90. The van der Waals surface area contributed by atoms with Crippen LogP contribution in [0.4, 0.5) is 11.4 Å². The van der Waals surface area contributed by atoms with Crippen LogP contribution in [0.2, 0.25) is 0 Å². The van der Waals surface area contributed by atoms with Gasteiger partial charge >= 0.3 is 0 Å². The lowest BCUT2D eigenvalue weighted by atomic mass is 10.1. The number of anilines is 2. The predicted molar refractivity (Wildman–Crippen MR) is 139 cm³/mol. The molecule has 4 rings (SSSR count). The molecule has 32 heavy (non-hydrogen) atoms. The van der Waals surface area contributed by atoms with E-state index in [2.05, 4.69) is 30.9 Å². The number of nitrogens with zero attached hydrogens (tertiary/aromatic N) is 2. The third kappa shape index (κ3) is 4.87. The summed E-state index contributed by atoms with van der Waals surface area (Å²) in [5.41, 5.74) is 2.89. The van der Waals surface area contributed by atoms with Crippen molar-refractivity contribution < 1.29 is 9.53 Å². The SMILES string of the molecule is CCN(CC)c1ccc(C=C2SC(=S)N(c3ccc(Oc4ccccc4)cc3)C2=O)cc1. The van der Waals surface area contributed by atoms with Gasteiger partial charge in [0.15, 0.2) is 4.32 Å². The minimum absolute atomic E-state index is 0.107. The number of rotatable bonds is 7. The fraction of sp³-hybridized carbons (Fsp3) is 0.154. The Morgan fingerprint density at radius 1 is 0.906 bits per heavy atom. The number of carbonyl (C=O) groups is 1. The summed E-state index contributed by atoms with van der Waals surface area (Å²) in [6.45, 7) is 6.21. The van der Waals surface area contributed by atoms with Gasteiger partial charge < -0.3 is 9.64 Å². The molecule has 0 N–H and O–H groups in total. The largest absolute Gasteiger partial charge is 0.457 e. The fourth-order valence-electron chi connectivity index (χ4n) is 3.50. The van der Waals surface area contributed by atoms with Crippen molar-refractivity contribution in [3.8, 4) is 11.5 Å². The van der Waals surface area contributed by atoms with Crippen LogP contribution in [0.3, 0.4) is 0 Å². The van der Waals surface area contributed by atoms with Crippen molar-refractivity contribution >= 4 is 51.7 Å². The van der Waals surface area contributed by atoms with Gasteiger partial charge in [-0.3, -0.25) is 9.69 Å². The van der Waals surface area contributed by atoms with E-state index in [4.69, 9.17) is 17.0 Å². The summed E-state index contributed by atoms with van der Waals surface area (Å²) >= 11 is 6.83. The molecular formula is C26H24N2O2S2. The minimum Gasteiger partial charge on any atom is -0.457 e. The molecule has 0 bridgehead atoms. The van der Waals surface area contributed by atoms with E-state index in [1.807, 2.05) is 72.8 Å². The van der Waals surface area contributed by atoms with E-state index in [0.717, 1.165) is 30.1 Å². The van der Waals surface area contributed by atoms with Crippen molar-refractivity contribution in [2.75, 3.05) is 22.9 Å². The Balaban J connectivity index is 1.49. The van der Waals surface area contributed by atoms with Crippen molar-refractivity contribution in [3.05, 3.63) is 89.3 Å². The third-order valence-corrected chi connectivity index (χ3v) is 6.49. The van der Waals surface area contributed by atoms with E-state index in [-0.39, 0.29) is 5.91 Å². The van der Waals surface area contributed by atoms with Gasteiger partial charge in [-0.15, -0.1) is 0 Å². The lowest BCUT2D eigenvalue weighted by Crippen LogP contribution is -2.27. The number of hydrogen-bond acceptors (Lipinski definition) is 5. The van der Waals surface area contributed by atoms with Gasteiger partial charge in [-0.25, -0.2) is 0 Å². The van der Waals surface area contributed by atoms with Crippen LogP contribution in [0, 0.1) is 0 Å². The molecule has 1 aliphatic rings. The van der Waals surface area contributed by atoms with Crippen LogP contribution in [-0.4, -0.2) is 23.3 Å². The van der Waals surface area contributed by atoms with E-state index in [1.165, 1.54) is 17.4 Å². The average Bonchev–Trinajstić information content (AvgIpc) is 3.09. The molecule has 0 atom stereocenters. The highest BCUT2D eigenvalue weighted by atomic mass is 32.2. The van der Waals surface area contributed by atoms with Gasteiger partial charge in [0, 0.05) is 18.8 Å². The minimum atomic E-state index is -0.107. The highest BCUT2D eigenvalue weighted by molar-refractivity contribution is 8.27. The standard InChI is InChI=1S/C26H24N2O2S2/c1-3-27(4-2)20-12-10-19(11-13-20)18-24-25(29)28(26(31)32-24)21-14-16-23(17-15-21)30-22-8-6-5-7-9-22/h5-18H,3-4H2,1-2H3. The van der Waals surface area contributed by atoms with E-state index in [9.17, 15) is 4.79 Å². The molecule has 4 nitrogen and oxygen atoms in total. The topological polar surface area (TPSA) is 32.8 Å². The van der Waals surface area contributed by atoms with Gasteiger partial charge in [0.25, 0.3) is 5.91 Å². The first-order valence-electron chi connectivity index (χ1n) is 10.5. The smallest absolute Gasteiger partial charge is 0.270 e. The Labute approximate surface area is 198 Å². The molecule has 1 saturated heterocycles. The molecule has 0 aromatic heterocycles. The Kier molecular flexibility index (Phi) is 6.93. The molecule has 0 saturated carbocycles. The predicted octanol–water partition coefficient (Wildman–Crippen LogP) is 6.73. The van der Waals surface area contributed by atoms with Gasteiger partial charge in [-0.1, -0.05) is 54.3 Å². The molecule has 1 fully saturated rings. The van der Waals surface area contributed by atoms with Gasteiger partial charge in [-0.05, 0) is 74.0 Å². The Bertz CT molecular complexity index is 1120. The van der Waals surface area contributed by atoms with E-state index >= 15 is 0 Å². The van der Waals surface area contributed by atoms with Crippen LogP contribution in [0.1, 0.15) is 19.4 Å². The average molecular weight is 461 g/mol. The monoisotopic (exact) mass is 460 g/mol. The molecule has 1 amide bonds. The molecule has 1 heterocycles. The van der Waals surface area contributed by atoms with E-state index in [0.29, 0.717) is 15.0 Å². The third-order valence-electron chi connectivity index (χ3n) is 5.19. The number of thiocarbonyl (C=S) groups is 1. The first kappa shape index (κ1) is 22.1. The summed E-state index contributed by atoms with van der Waals surface area (Å²) in [5.74, 6) is 1.36.